The zero-order chi connectivity index (χ0) is 16.5. The first kappa shape index (κ1) is 16.4. The number of carbonyl (C=O) groups is 1. The summed E-state index contributed by atoms with van der Waals surface area (Å²) in [6.07, 6.45) is -1.21. The Morgan fingerprint density at radius 1 is 1.13 bits per heavy atom. The van der Waals surface area contributed by atoms with Crippen molar-refractivity contribution in [1.82, 2.24) is 0 Å². The zero-order valence-corrected chi connectivity index (χ0v) is 12.8. The lowest BCUT2D eigenvalue weighted by atomic mass is 10.2. The largest absolute Gasteiger partial charge is 0.509 e. The lowest BCUT2D eigenvalue weighted by Gasteiger charge is -2.10. The van der Waals surface area contributed by atoms with Crippen LogP contribution in [0.25, 0.3) is 0 Å². The third kappa shape index (κ3) is 5.36. The molecule has 0 fully saturated rings. The summed E-state index contributed by atoms with van der Waals surface area (Å²) in [4.78, 5) is 11.5. The molecule has 1 unspecified atom stereocenters. The minimum absolute atomic E-state index is 0.0483. The standard InChI is InChI=1S/C18H17NO4/c1-2-15(12-19)23-18(20)21-13-14-7-6-10-17(11-14)22-16-8-4-3-5-9-16/h3-11,15H,2,13H2,1H3. The Bertz CT molecular complexity index is 679. The molecule has 0 aliphatic carbocycles. The van der Waals surface area contributed by atoms with Crippen LogP contribution in [-0.2, 0) is 16.1 Å². The zero-order valence-electron chi connectivity index (χ0n) is 12.8. The van der Waals surface area contributed by atoms with Gasteiger partial charge in [0.1, 0.15) is 24.2 Å². The molecule has 0 heterocycles. The molecule has 2 aromatic rings. The summed E-state index contributed by atoms with van der Waals surface area (Å²) in [5.41, 5.74) is 0.764. The Kier molecular flexibility index (Phi) is 6.01. The van der Waals surface area contributed by atoms with E-state index in [0.717, 1.165) is 11.3 Å². The highest BCUT2D eigenvalue weighted by molar-refractivity contribution is 5.60. The molecule has 5 heteroatoms. The molecule has 0 N–H and O–H groups in total. The molecule has 1 atom stereocenters. The normalized spacial score (nSPS) is 11.1. The molecule has 0 aliphatic heterocycles. The van der Waals surface area contributed by atoms with Crippen molar-refractivity contribution in [2.75, 3.05) is 0 Å². The van der Waals surface area contributed by atoms with Gasteiger partial charge in [0.15, 0.2) is 6.10 Å². The van der Waals surface area contributed by atoms with Crippen LogP contribution in [0, 0.1) is 11.3 Å². The van der Waals surface area contributed by atoms with Crippen LogP contribution in [0.2, 0.25) is 0 Å². The monoisotopic (exact) mass is 311 g/mol. The number of nitrogens with zero attached hydrogens (tertiary/aromatic N) is 1. The van der Waals surface area contributed by atoms with Crippen molar-refractivity contribution >= 4 is 6.16 Å². The van der Waals surface area contributed by atoms with Gasteiger partial charge >= 0.3 is 6.16 Å². The fourth-order valence-corrected chi connectivity index (χ4v) is 1.82. The first-order valence-corrected chi connectivity index (χ1v) is 7.26. The molecule has 2 rings (SSSR count). The molecule has 0 saturated heterocycles. The molecular weight excluding hydrogens is 294 g/mol. The van der Waals surface area contributed by atoms with Crippen LogP contribution >= 0.6 is 0 Å². The Hall–Kier alpha value is -3.00. The van der Waals surface area contributed by atoms with Gasteiger partial charge in [0, 0.05) is 0 Å². The van der Waals surface area contributed by atoms with E-state index in [9.17, 15) is 4.79 Å². The molecule has 0 amide bonds. The first-order valence-electron chi connectivity index (χ1n) is 7.26. The summed E-state index contributed by atoms with van der Waals surface area (Å²) in [7, 11) is 0. The summed E-state index contributed by atoms with van der Waals surface area (Å²) >= 11 is 0. The van der Waals surface area contributed by atoms with Gasteiger partial charge in [-0.05, 0) is 36.2 Å². The number of para-hydroxylation sites is 1. The maximum atomic E-state index is 11.5. The third-order valence-corrected chi connectivity index (χ3v) is 2.99. The van der Waals surface area contributed by atoms with E-state index in [2.05, 4.69) is 0 Å². The number of hydrogen-bond acceptors (Lipinski definition) is 5. The molecule has 0 aromatic heterocycles. The summed E-state index contributed by atoms with van der Waals surface area (Å²) in [6.45, 7) is 1.80. The third-order valence-electron chi connectivity index (χ3n) is 2.99. The smallest absolute Gasteiger partial charge is 0.457 e. The van der Waals surface area contributed by atoms with E-state index < -0.39 is 12.3 Å². The van der Waals surface area contributed by atoms with E-state index in [1.165, 1.54) is 0 Å². The molecule has 118 valence electrons. The first-order chi connectivity index (χ1) is 11.2. The van der Waals surface area contributed by atoms with Gasteiger partial charge in [-0.3, -0.25) is 0 Å². The van der Waals surface area contributed by atoms with E-state index >= 15 is 0 Å². The number of ether oxygens (including phenoxy) is 3. The van der Waals surface area contributed by atoms with Crippen LogP contribution in [0.15, 0.2) is 54.6 Å². The molecule has 5 nitrogen and oxygen atoms in total. The van der Waals surface area contributed by atoms with Crippen molar-refractivity contribution in [1.29, 1.82) is 5.26 Å². The van der Waals surface area contributed by atoms with Crippen LogP contribution < -0.4 is 4.74 Å². The maximum Gasteiger partial charge on any atom is 0.509 e. The van der Waals surface area contributed by atoms with E-state index in [0.29, 0.717) is 12.2 Å². The van der Waals surface area contributed by atoms with Gasteiger partial charge in [0.2, 0.25) is 0 Å². The second kappa shape index (κ2) is 8.44. The second-order valence-electron chi connectivity index (χ2n) is 4.75. The van der Waals surface area contributed by atoms with Gasteiger partial charge < -0.3 is 14.2 Å². The quantitative estimate of drug-likeness (QED) is 0.738. The van der Waals surface area contributed by atoms with Crippen molar-refractivity contribution < 1.29 is 19.0 Å². The van der Waals surface area contributed by atoms with Crippen molar-refractivity contribution in [2.24, 2.45) is 0 Å². The molecule has 23 heavy (non-hydrogen) atoms. The second-order valence-corrected chi connectivity index (χ2v) is 4.75. The lowest BCUT2D eigenvalue weighted by molar-refractivity contribution is 0.0333. The predicted molar refractivity (Wildman–Crippen MR) is 83.9 cm³/mol. The van der Waals surface area contributed by atoms with Crippen LogP contribution in [0.4, 0.5) is 4.79 Å². The summed E-state index contributed by atoms with van der Waals surface area (Å²) < 4.78 is 15.6. The minimum atomic E-state index is -0.854. The Balaban J connectivity index is 1.90. The van der Waals surface area contributed by atoms with Crippen molar-refractivity contribution in [3.8, 4) is 17.6 Å². The Morgan fingerprint density at radius 2 is 1.87 bits per heavy atom. The number of rotatable bonds is 6. The molecule has 0 saturated carbocycles. The van der Waals surface area contributed by atoms with Gasteiger partial charge in [0.05, 0.1) is 0 Å². The van der Waals surface area contributed by atoms with E-state index in [-0.39, 0.29) is 6.61 Å². The molecule has 0 spiro atoms. The maximum absolute atomic E-state index is 11.5. The van der Waals surface area contributed by atoms with Crippen molar-refractivity contribution in [3.63, 3.8) is 0 Å². The fraction of sp³-hybridized carbons (Fsp3) is 0.222. The van der Waals surface area contributed by atoms with E-state index in [4.69, 9.17) is 19.5 Å². The molecule has 0 aliphatic rings. The van der Waals surface area contributed by atoms with Crippen molar-refractivity contribution in [2.45, 2.75) is 26.1 Å². The molecule has 0 radical (unpaired) electrons. The van der Waals surface area contributed by atoms with E-state index in [1.807, 2.05) is 54.6 Å². The summed E-state index contributed by atoms with van der Waals surface area (Å²) in [6, 6.07) is 18.5. The van der Waals surface area contributed by atoms with Gasteiger partial charge in [0.25, 0.3) is 0 Å². The number of benzene rings is 2. The topological polar surface area (TPSA) is 68.5 Å². The summed E-state index contributed by atoms with van der Waals surface area (Å²) in [5, 5.41) is 8.74. The Morgan fingerprint density at radius 3 is 2.57 bits per heavy atom. The van der Waals surface area contributed by atoms with Gasteiger partial charge in [-0.1, -0.05) is 37.3 Å². The Labute approximate surface area is 135 Å². The number of nitriles is 1. The highest BCUT2D eigenvalue weighted by Crippen LogP contribution is 2.22. The van der Waals surface area contributed by atoms with Crippen LogP contribution in [-0.4, -0.2) is 12.3 Å². The van der Waals surface area contributed by atoms with E-state index in [1.54, 1.807) is 13.0 Å². The minimum Gasteiger partial charge on any atom is -0.457 e. The fourth-order valence-electron chi connectivity index (χ4n) is 1.82. The van der Waals surface area contributed by atoms with Crippen LogP contribution in [0.3, 0.4) is 0 Å². The van der Waals surface area contributed by atoms with Crippen molar-refractivity contribution in [3.05, 3.63) is 60.2 Å². The highest BCUT2D eigenvalue weighted by atomic mass is 16.7. The SMILES string of the molecule is CCC(C#N)OC(=O)OCc1cccc(Oc2ccccc2)c1. The van der Waals surface area contributed by atoms with Gasteiger partial charge in [-0.15, -0.1) is 0 Å². The van der Waals surface area contributed by atoms with Gasteiger partial charge in [-0.2, -0.15) is 5.26 Å². The molecule has 0 bridgehead atoms. The number of hydrogen-bond donors (Lipinski definition) is 0. The molecule has 2 aromatic carbocycles. The highest BCUT2D eigenvalue weighted by Gasteiger charge is 2.12. The average molecular weight is 311 g/mol. The average Bonchev–Trinajstić information content (AvgIpc) is 2.59. The predicted octanol–water partition coefficient (Wildman–Crippen LogP) is 4.43. The summed E-state index contributed by atoms with van der Waals surface area (Å²) in [5.74, 6) is 1.37. The van der Waals surface area contributed by atoms with Crippen LogP contribution in [0.1, 0.15) is 18.9 Å². The van der Waals surface area contributed by atoms with Gasteiger partial charge in [-0.25, -0.2) is 4.79 Å². The number of carbonyl (C=O) groups excluding carboxylic acids is 1. The molecular formula is C18H17NO4. The lowest BCUT2D eigenvalue weighted by Crippen LogP contribution is -2.16. The van der Waals surface area contributed by atoms with Crippen LogP contribution in [0.5, 0.6) is 11.5 Å².